The lowest BCUT2D eigenvalue weighted by Gasteiger charge is -2.08. The van der Waals surface area contributed by atoms with E-state index in [2.05, 4.69) is 0 Å². The third kappa shape index (κ3) is 3.98. The normalized spacial score (nSPS) is 10.2. The quantitative estimate of drug-likeness (QED) is 0.822. The molecule has 0 amide bonds. The van der Waals surface area contributed by atoms with Crippen molar-refractivity contribution in [2.24, 2.45) is 0 Å². The zero-order valence-corrected chi connectivity index (χ0v) is 15.0. The van der Waals surface area contributed by atoms with Crippen LogP contribution in [0.4, 0.5) is 5.00 Å². The van der Waals surface area contributed by atoms with Crippen LogP contribution in [0.15, 0.2) is 18.2 Å². The van der Waals surface area contributed by atoms with Crippen molar-refractivity contribution in [3.63, 3.8) is 0 Å². The van der Waals surface area contributed by atoms with Gasteiger partial charge in [-0.3, -0.25) is 0 Å². The van der Waals surface area contributed by atoms with E-state index >= 15 is 0 Å². The number of hydrogen-bond donors (Lipinski definition) is 1. The Morgan fingerprint density at radius 1 is 1.20 bits per heavy atom. The molecule has 2 rings (SSSR count). The first kappa shape index (κ1) is 18.5. The molecule has 7 heteroatoms. The molecule has 1 aromatic heterocycles. The van der Waals surface area contributed by atoms with Crippen molar-refractivity contribution >= 4 is 28.3 Å². The molecule has 130 valence electrons. The number of anilines is 1. The predicted octanol–water partition coefficient (Wildman–Crippen LogP) is 3.35. The number of nitrogens with zero attached hydrogens (tertiary/aromatic N) is 1. The Morgan fingerprint density at radius 2 is 1.92 bits per heavy atom. The first-order valence-corrected chi connectivity index (χ1v) is 8.43. The highest BCUT2D eigenvalue weighted by atomic mass is 32.1. The molecule has 0 aliphatic rings. The van der Waals surface area contributed by atoms with Crippen molar-refractivity contribution in [1.82, 2.24) is 0 Å². The minimum Gasteiger partial charge on any atom is -0.462 e. The molecule has 0 fully saturated rings. The van der Waals surface area contributed by atoms with Crippen molar-refractivity contribution in [3.05, 3.63) is 50.9 Å². The Balaban J connectivity index is 2.24. The number of aryl methyl sites for hydroxylation is 2. The molecule has 0 aliphatic carbocycles. The van der Waals surface area contributed by atoms with Crippen molar-refractivity contribution in [2.75, 3.05) is 12.3 Å². The number of nitrogen functional groups attached to an aromatic ring is 1. The fourth-order valence-corrected chi connectivity index (χ4v) is 3.11. The van der Waals surface area contributed by atoms with Crippen LogP contribution in [0.2, 0.25) is 0 Å². The fourth-order valence-electron chi connectivity index (χ4n) is 2.20. The summed E-state index contributed by atoms with van der Waals surface area (Å²) in [5.41, 5.74) is 8.65. The minimum atomic E-state index is -0.585. The number of hydrogen-bond acceptors (Lipinski definition) is 7. The summed E-state index contributed by atoms with van der Waals surface area (Å²) < 4.78 is 10.3. The molecule has 0 radical (unpaired) electrons. The lowest BCUT2D eigenvalue weighted by atomic mass is 10.1. The van der Waals surface area contributed by atoms with Crippen LogP contribution < -0.4 is 5.73 Å². The highest BCUT2D eigenvalue weighted by Crippen LogP contribution is 2.32. The first-order chi connectivity index (χ1) is 11.9. The molecular weight excluding hydrogens is 340 g/mol. The Morgan fingerprint density at radius 3 is 2.52 bits per heavy atom. The van der Waals surface area contributed by atoms with Gasteiger partial charge in [-0.15, -0.1) is 11.3 Å². The molecule has 0 saturated heterocycles. The molecule has 0 spiro atoms. The van der Waals surface area contributed by atoms with Gasteiger partial charge in [-0.1, -0.05) is 6.07 Å². The van der Waals surface area contributed by atoms with Gasteiger partial charge in [0.2, 0.25) is 0 Å². The van der Waals surface area contributed by atoms with Gasteiger partial charge in [-0.2, -0.15) is 5.26 Å². The van der Waals surface area contributed by atoms with Crippen molar-refractivity contribution in [1.29, 1.82) is 5.26 Å². The highest BCUT2D eigenvalue weighted by Gasteiger charge is 2.24. The van der Waals surface area contributed by atoms with E-state index < -0.39 is 11.9 Å². The summed E-state index contributed by atoms with van der Waals surface area (Å²) >= 11 is 0.955. The third-order valence-electron chi connectivity index (χ3n) is 3.70. The number of benzene rings is 1. The molecule has 1 aromatic carbocycles. The molecular formula is C18H18N2O4S. The van der Waals surface area contributed by atoms with E-state index in [-0.39, 0.29) is 34.2 Å². The SMILES string of the molecule is CCOC(=O)c1sc(N)c(C#N)c1COC(=O)c1ccc(C)c(C)c1. The van der Waals surface area contributed by atoms with Crippen LogP contribution >= 0.6 is 11.3 Å². The van der Waals surface area contributed by atoms with Crippen molar-refractivity contribution < 1.29 is 19.1 Å². The maximum Gasteiger partial charge on any atom is 0.348 e. The second-order valence-electron chi connectivity index (χ2n) is 5.36. The molecule has 2 aromatic rings. The Bertz CT molecular complexity index is 865. The first-order valence-electron chi connectivity index (χ1n) is 7.61. The number of nitrogens with two attached hydrogens (primary N) is 1. The van der Waals surface area contributed by atoms with Gasteiger partial charge in [-0.05, 0) is 44.0 Å². The van der Waals surface area contributed by atoms with Crippen LogP contribution in [-0.2, 0) is 16.1 Å². The van der Waals surface area contributed by atoms with E-state index in [0.29, 0.717) is 5.56 Å². The summed E-state index contributed by atoms with van der Waals surface area (Å²) in [5, 5.41) is 9.45. The molecule has 0 bridgehead atoms. The summed E-state index contributed by atoms with van der Waals surface area (Å²) in [6, 6.07) is 7.18. The molecule has 0 aliphatic heterocycles. The predicted molar refractivity (Wildman–Crippen MR) is 94.4 cm³/mol. The van der Waals surface area contributed by atoms with Crippen LogP contribution in [0.1, 0.15) is 49.2 Å². The largest absolute Gasteiger partial charge is 0.462 e. The van der Waals surface area contributed by atoms with Crippen LogP contribution in [0, 0.1) is 25.2 Å². The molecule has 0 unspecified atom stereocenters. The molecule has 6 nitrogen and oxygen atoms in total. The number of carbonyl (C=O) groups excluding carboxylic acids is 2. The second-order valence-corrected chi connectivity index (χ2v) is 6.41. The van der Waals surface area contributed by atoms with Gasteiger partial charge in [0.25, 0.3) is 0 Å². The molecule has 2 N–H and O–H groups in total. The molecule has 0 atom stereocenters. The number of thiophene rings is 1. The van der Waals surface area contributed by atoms with Gasteiger partial charge >= 0.3 is 11.9 Å². The van der Waals surface area contributed by atoms with Gasteiger partial charge in [0.05, 0.1) is 17.7 Å². The van der Waals surface area contributed by atoms with E-state index in [1.807, 2.05) is 26.0 Å². The third-order valence-corrected chi connectivity index (χ3v) is 4.74. The van der Waals surface area contributed by atoms with E-state index in [0.717, 1.165) is 22.5 Å². The second kappa shape index (κ2) is 7.81. The van der Waals surface area contributed by atoms with E-state index in [9.17, 15) is 14.9 Å². The van der Waals surface area contributed by atoms with Crippen LogP contribution in [0.25, 0.3) is 0 Å². The summed E-state index contributed by atoms with van der Waals surface area (Å²) in [5.74, 6) is -1.12. The van der Waals surface area contributed by atoms with Gasteiger partial charge < -0.3 is 15.2 Å². The fraction of sp³-hybridized carbons (Fsp3) is 0.278. The average molecular weight is 358 g/mol. The summed E-state index contributed by atoms with van der Waals surface area (Å²) in [6.07, 6.45) is 0. The van der Waals surface area contributed by atoms with Gasteiger partial charge in [0, 0.05) is 5.56 Å². The zero-order chi connectivity index (χ0) is 18.6. The van der Waals surface area contributed by atoms with E-state index in [4.69, 9.17) is 15.2 Å². The lowest BCUT2D eigenvalue weighted by Crippen LogP contribution is -2.10. The standard InChI is InChI=1S/C18H18N2O4S/c1-4-23-18(22)15-14(13(8-19)16(20)25-15)9-24-17(21)12-6-5-10(2)11(3)7-12/h5-7H,4,9,20H2,1-3H3. The van der Waals surface area contributed by atoms with E-state index in [1.165, 1.54) is 0 Å². The Hall–Kier alpha value is -2.85. The maximum absolute atomic E-state index is 12.2. The highest BCUT2D eigenvalue weighted by molar-refractivity contribution is 7.18. The zero-order valence-electron chi connectivity index (χ0n) is 14.2. The van der Waals surface area contributed by atoms with E-state index in [1.54, 1.807) is 19.1 Å². The summed E-state index contributed by atoms with van der Waals surface area (Å²) in [4.78, 5) is 24.5. The minimum absolute atomic E-state index is 0.140. The number of rotatable bonds is 5. The smallest absolute Gasteiger partial charge is 0.348 e. The number of ether oxygens (including phenoxy) is 2. The van der Waals surface area contributed by atoms with Crippen LogP contribution in [0.5, 0.6) is 0 Å². The Kier molecular flexibility index (Phi) is 5.78. The summed E-state index contributed by atoms with van der Waals surface area (Å²) in [6.45, 7) is 5.50. The van der Waals surface area contributed by atoms with Gasteiger partial charge in [-0.25, -0.2) is 9.59 Å². The number of nitriles is 1. The van der Waals surface area contributed by atoms with Crippen LogP contribution in [0.3, 0.4) is 0 Å². The van der Waals surface area contributed by atoms with Crippen molar-refractivity contribution in [3.8, 4) is 6.07 Å². The van der Waals surface area contributed by atoms with Gasteiger partial charge in [0.15, 0.2) is 0 Å². The Labute approximate surface area is 149 Å². The summed E-state index contributed by atoms with van der Waals surface area (Å²) in [7, 11) is 0. The van der Waals surface area contributed by atoms with Crippen LogP contribution in [-0.4, -0.2) is 18.5 Å². The molecule has 1 heterocycles. The topological polar surface area (TPSA) is 102 Å². The molecule has 0 saturated carbocycles. The van der Waals surface area contributed by atoms with Crippen molar-refractivity contribution in [2.45, 2.75) is 27.4 Å². The molecule has 25 heavy (non-hydrogen) atoms. The monoisotopic (exact) mass is 358 g/mol. The maximum atomic E-state index is 12.2. The number of esters is 2. The average Bonchev–Trinajstić information content (AvgIpc) is 2.91. The lowest BCUT2D eigenvalue weighted by molar-refractivity contribution is 0.0452. The van der Waals surface area contributed by atoms with Gasteiger partial charge in [0.1, 0.15) is 22.6 Å². The number of carbonyl (C=O) groups is 2.